The molecule has 0 saturated carbocycles. The van der Waals surface area contributed by atoms with Gasteiger partial charge in [0.25, 0.3) is 0 Å². The van der Waals surface area contributed by atoms with Gasteiger partial charge in [0.2, 0.25) is 11.2 Å². The van der Waals surface area contributed by atoms with E-state index in [9.17, 15) is 19.5 Å². The van der Waals surface area contributed by atoms with Gasteiger partial charge in [-0.1, -0.05) is 12.1 Å². The number of carboxylic acids is 1. The predicted octanol–water partition coefficient (Wildman–Crippen LogP) is 2.05. The number of ether oxygens (including phenoxy) is 1. The van der Waals surface area contributed by atoms with Crippen molar-refractivity contribution >= 4 is 11.9 Å². The molecule has 0 aliphatic rings. The largest absolute Gasteiger partial charge is 0.502 e. The molecule has 0 spiro atoms. The van der Waals surface area contributed by atoms with Gasteiger partial charge in [0.15, 0.2) is 5.76 Å². The van der Waals surface area contributed by atoms with Crippen LogP contribution < -0.4 is 5.43 Å². The van der Waals surface area contributed by atoms with E-state index >= 15 is 0 Å². The van der Waals surface area contributed by atoms with E-state index in [0.717, 1.165) is 6.07 Å². The van der Waals surface area contributed by atoms with Crippen molar-refractivity contribution in [2.24, 2.45) is 0 Å². The average Bonchev–Trinajstić information content (AvgIpc) is 2.56. The molecule has 0 radical (unpaired) electrons. The summed E-state index contributed by atoms with van der Waals surface area (Å²) in [6, 6.07) is 6.87. The maximum absolute atomic E-state index is 11.8. The minimum absolute atomic E-state index is 0.0616. The smallest absolute Gasteiger partial charge is 0.335 e. The first kappa shape index (κ1) is 17.3. The second kappa shape index (κ2) is 6.99. The molecule has 24 heavy (non-hydrogen) atoms. The van der Waals surface area contributed by atoms with Gasteiger partial charge in [0.05, 0.1) is 25.0 Å². The SMILES string of the molecule is COC(=O)CC(c1ccc(C(=O)O)cc1)c1oc(C)cc(=O)c1O. The van der Waals surface area contributed by atoms with Crippen LogP contribution in [0.15, 0.2) is 39.5 Å². The third-order valence-corrected chi connectivity index (χ3v) is 3.55. The van der Waals surface area contributed by atoms with Crippen molar-refractivity contribution in [1.29, 1.82) is 0 Å². The number of aromatic carboxylic acids is 1. The van der Waals surface area contributed by atoms with Crippen molar-refractivity contribution in [2.75, 3.05) is 7.11 Å². The molecule has 1 heterocycles. The summed E-state index contributed by atoms with van der Waals surface area (Å²) < 4.78 is 10.1. The van der Waals surface area contributed by atoms with E-state index in [4.69, 9.17) is 9.52 Å². The van der Waals surface area contributed by atoms with Crippen molar-refractivity contribution in [3.05, 3.63) is 63.2 Å². The molecule has 1 unspecified atom stereocenters. The molecule has 1 aromatic heterocycles. The Morgan fingerprint density at radius 1 is 1.25 bits per heavy atom. The van der Waals surface area contributed by atoms with Gasteiger partial charge in [0, 0.05) is 6.07 Å². The van der Waals surface area contributed by atoms with Crippen molar-refractivity contribution in [1.82, 2.24) is 0 Å². The van der Waals surface area contributed by atoms with Crippen LogP contribution in [0.3, 0.4) is 0 Å². The number of benzene rings is 1. The molecule has 1 atom stereocenters. The van der Waals surface area contributed by atoms with Gasteiger partial charge in [-0.15, -0.1) is 0 Å². The van der Waals surface area contributed by atoms with Crippen LogP contribution in [0.4, 0.5) is 0 Å². The van der Waals surface area contributed by atoms with Crippen LogP contribution >= 0.6 is 0 Å². The number of hydrogen-bond acceptors (Lipinski definition) is 6. The zero-order valence-electron chi connectivity index (χ0n) is 13.1. The molecular formula is C17H16O7. The van der Waals surface area contributed by atoms with E-state index in [2.05, 4.69) is 4.74 Å². The molecule has 2 rings (SSSR count). The summed E-state index contributed by atoms with van der Waals surface area (Å²) >= 11 is 0. The van der Waals surface area contributed by atoms with Crippen LogP contribution in [-0.2, 0) is 9.53 Å². The van der Waals surface area contributed by atoms with E-state index in [-0.39, 0.29) is 23.5 Å². The van der Waals surface area contributed by atoms with E-state index < -0.39 is 29.0 Å². The number of aromatic hydroxyl groups is 1. The monoisotopic (exact) mass is 332 g/mol. The van der Waals surface area contributed by atoms with E-state index in [1.807, 2.05) is 0 Å². The molecule has 0 saturated heterocycles. The standard InChI is InChI=1S/C17H16O7/c1-9-7-13(18)15(20)16(24-9)12(8-14(19)23-2)10-3-5-11(6-4-10)17(21)22/h3-7,12,20H,8H2,1-2H3,(H,21,22). The lowest BCUT2D eigenvalue weighted by atomic mass is 9.91. The van der Waals surface area contributed by atoms with Crippen molar-refractivity contribution in [3.8, 4) is 5.75 Å². The molecule has 2 aromatic rings. The zero-order chi connectivity index (χ0) is 17.9. The molecule has 0 amide bonds. The van der Waals surface area contributed by atoms with E-state index in [1.165, 1.54) is 31.4 Å². The molecule has 0 bridgehead atoms. The Morgan fingerprint density at radius 2 is 1.88 bits per heavy atom. The molecular weight excluding hydrogens is 316 g/mol. The van der Waals surface area contributed by atoms with Gasteiger partial charge in [0.1, 0.15) is 5.76 Å². The minimum atomic E-state index is -1.09. The van der Waals surface area contributed by atoms with Gasteiger partial charge in [-0.05, 0) is 24.6 Å². The van der Waals surface area contributed by atoms with Crippen LogP contribution in [0.25, 0.3) is 0 Å². The van der Waals surface area contributed by atoms with Crippen LogP contribution in [0.2, 0.25) is 0 Å². The summed E-state index contributed by atoms with van der Waals surface area (Å²) in [7, 11) is 1.22. The van der Waals surface area contributed by atoms with Gasteiger partial charge < -0.3 is 19.4 Å². The first-order chi connectivity index (χ1) is 11.3. The fourth-order valence-corrected chi connectivity index (χ4v) is 2.33. The number of hydrogen-bond donors (Lipinski definition) is 2. The average molecular weight is 332 g/mol. The highest BCUT2D eigenvalue weighted by Gasteiger charge is 2.26. The lowest BCUT2D eigenvalue weighted by Crippen LogP contribution is -2.13. The number of rotatable bonds is 5. The van der Waals surface area contributed by atoms with Gasteiger partial charge in [-0.2, -0.15) is 0 Å². The normalized spacial score (nSPS) is 11.8. The summed E-state index contributed by atoms with van der Waals surface area (Å²) in [6.45, 7) is 1.55. The summed E-state index contributed by atoms with van der Waals surface area (Å²) in [5.74, 6) is -2.80. The Labute approximate surface area is 137 Å². The van der Waals surface area contributed by atoms with E-state index in [1.54, 1.807) is 6.92 Å². The van der Waals surface area contributed by atoms with Crippen molar-refractivity contribution in [3.63, 3.8) is 0 Å². The molecule has 7 nitrogen and oxygen atoms in total. The van der Waals surface area contributed by atoms with Crippen molar-refractivity contribution < 1.29 is 29.0 Å². The molecule has 1 aromatic carbocycles. The van der Waals surface area contributed by atoms with Gasteiger partial charge >= 0.3 is 11.9 Å². The van der Waals surface area contributed by atoms with Crippen LogP contribution in [-0.4, -0.2) is 29.3 Å². The Bertz CT molecular complexity index is 818. The third kappa shape index (κ3) is 3.62. The summed E-state index contributed by atoms with van der Waals surface area (Å²) in [5, 5.41) is 19.0. The Hall–Kier alpha value is -3.09. The highest BCUT2D eigenvalue weighted by molar-refractivity contribution is 5.87. The maximum Gasteiger partial charge on any atom is 0.335 e. The Balaban J connectivity index is 2.55. The van der Waals surface area contributed by atoms with Gasteiger partial charge in [-0.25, -0.2) is 4.79 Å². The van der Waals surface area contributed by atoms with Crippen LogP contribution in [0, 0.1) is 6.92 Å². The lowest BCUT2D eigenvalue weighted by Gasteiger charge is -2.17. The fourth-order valence-electron chi connectivity index (χ4n) is 2.33. The first-order valence-corrected chi connectivity index (χ1v) is 7.07. The number of carboxylic acid groups (broad SMARTS) is 1. The number of methoxy groups -OCH3 is 1. The topological polar surface area (TPSA) is 114 Å². The summed E-state index contributed by atoms with van der Waals surface area (Å²) in [6.07, 6.45) is -0.178. The summed E-state index contributed by atoms with van der Waals surface area (Å²) in [4.78, 5) is 34.4. The molecule has 126 valence electrons. The van der Waals surface area contributed by atoms with Crippen LogP contribution in [0.1, 0.15) is 39.8 Å². The highest BCUT2D eigenvalue weighted by atomic mass is 16.5. The number of carbonyl (C=O) groups excluding carboxylic acids is 1. The zero-order valence-corrected chi connectivity index (χ0v) is 13.1. The Morgan fingerprint density at radius 3 is 2.42 bits per heavy atom. The maximum atomic E-state index is 11.8. The molecule has 2 N–H and O–H groups in total. The van der Waals surface area contributed by atoms with Crippen LogP contribution in [0.5, 0.6) is 5.75 Å². The first-order valence-electron chi connectivity index (χ1n) is 7.07. The molecule has 0 aliphatic carbocycles. The lowest BCUT2D eigenvalue weighted by molar-refractivity contribution is -0.140. The highest BCUT2D eigenvalue weighted by Crippen LogP contribution is 2.33. The number of aryl methyl sites for hydroxylation is 1. The molecule has 0 fully saturated rings. The second-order valence-corrected chi connectivity index (χ2v) is 5.19. The van der Waals surface area contributed by atoms with E-state index in [0.29, 0.717) is 5.56 Å². The quantitative estimate of drug-likeness (QED) is 0.805. The second-order valence-electron chi connectivity index (χ2n) is 5.19. The molecule has 0 aliphatic heterocycles. The number of esters is 1. The molecule has 7 heteroatoms. The predicted molar refractivity (Wildman–Crippen MR) is 83.3 cm³/mol. The fraction of sp³-hybridized carbons (Fsp3) is 0.235. The number of carbonyl (C=O) groups is 2. The summed E-state index contributed by atoms with van der Waals surface area (Å²) in [5.41, 5.74) is -0.0364. The van der Waals surface area contributed by atoms with Crippen molar-refractivity contribution in [2.45, 2.75) is 19.3 Å². The Kier molecular flexibility index (Phi) is 5.03. The van der Waals surface area contributed by atoms with Gasteiger partial charge in [-0.3, -0.25) is 9.59 Å². The third-order valence-electron chi connectivity index (χ3n) is 3.55. The minimum Gasteiger partial charge on any atom is -0.502 e.